The molecule has 0 radical (unpaired) electrons. The number of carbonyl (C=O) groups excluding carboxylic acids is 1. The topological polar surface area (TPSA) is 72.9 Å². The molecule has 0 aliphatic carbocycles. The molecule has 0 bridgehead atoms. The molecule has 0 aliphatic heterocycles. The Kier molecular flexibility index (Phi) is 14.6. The van der Waals surface area contributed by atoms with Crippen LogP contribution in [-0.4, -0.2) is 73.0 Å². The molecule has 0 fully saturated rings. The Labute approximate surface area is 181 Å². The molecule has 8 heteroatoms. The molecule has 1 rings (SSSR count). The van der Waals surface area contributed by atoms with E-state index in [0.717, 1.165) is 57.3 Å². The quantitative estimate of drug-likeness (QED) is 0.216. The van der Waals surface area contributed by atoms with Gasteiger partial charge in [0.2, 0.25) is 5.91 Å². The number of nitrogens with one attached hydrogen (secondary N) is 2. The van der Waals surface area contributed by atoms with E-state index in [9.17, 15) is 4.79 Å². The first-order chi connectivity index (χ1) is 12.6. The largest absolute Gasteiger partial charge is 0.370 e. The van der Waals surface area contributed by atoms with Gasteiger partial charge >= 0.3 is 0 Å². The summed E-state index contributed by atoms with van der Waals surface area (Å²) in [7, 11) is 1.91. The average molecular weight is 490 g/mol. The van der Waals surface area contributed by atoms with Crippen molar-refractivity contribution in [1.82, 2.24) is 20.1 Å². The van der Waals surface area contributed by atoms with Gasteiger partial charge in [-0.3, -0.25) is 9.79 Å². The van der Waals surface area contributed by atoms with Crippen molar-refractivity contribution in [1.29, 1.82) is 0 Å². The number of aromatic nitrogens is 1. The third-order valence-electron chi connectivity index (χ3n) is 4.00. The molecule has 0 aromatic carbocycles. The van der Waals surface area contributed by atoms with E-state index >= 15 is 0 Å². The summed E-state index contributed by atoms with van der Waals surface area (Å²) in [5.74, 6) is 1.81. The fourth-order valence-electron chi connectivity index (χ4n) is 2.53. The molecule has 0 atom stereocenters. The number of rotatable bonds is 11. The van der Waals surface area contributed by atoms with E-state index in [1.54, 1.807) is 6.20 Å². The standard InChI is InChI=1S/C19H34N6O.HI/c1-5-20-19(24(4)16-18(26)25(6-2)7-3)23-15-11-10-14-22-17-12-8-9-13-21-17;/h8-9,12-13H,5-7,10-11,14-16H2,1-4H3,(H,20,23)(H,21,22);1H. The zero-order chi connectivity index (χ0) is 19.2. The second kappa shape index (κ2) is 15.5. The summed E-state index contributed by atoms with van der Waals surface area (Å²) >= 11 is 0. The van der Waals surface area contributed by atoms with Crippen LogP contribution in [-0.2, 0) is 4.79 Å². The summed E-state index contributed by atoms with van der Waals surface area (Å²) in [5, 5.41) is 6.56. The number of aliphatic imine (C=N–C) groups is 1. The zero-order valence-corrected chi connectivity index (χ0v) is 19.4. The van der Waals surface area contributed by atoms with Crippen LogP contribution in [0, 0.1) is 0 Å². The Morgan fingerprint density at radius 2 is 1.93 bits per heavy atom. The van der Waals surface area contributed by atoms with Crippen molar-refractivity contribution < 1.29 is 4.79 Å². The van der Waals surface area contributed by atoms with Crippen molar-refractivity contribution in [3.8, 4) is 0 Å². The first-order valence-electron chi connectivity index (χ1n) is 9.54. The summed E-state index contributed by atoms with van der Waals surface area (Å²) in [5.41, 5.74) is 0. The number of hydrogen-bond donors (Lipinski definition) is 2. The fraction of sp³-hybridized carbons (Fsp3) is 0.632. The molecule has 27 heavy (non-hydrogen) atoms. The molecule has 1 heterocycles. The van der Waals surface area contributed by atoms with E-state index in [4.69, 9.17) is 0 Å². The van der Waals surface area contributed by atoms with Gasteiger partial charge in [0.15, 0.2) is 5.96 Å². The Balaban J connectivity index is 0.00000676. The van der Waals surface area contributed by atoms with Gasteiger partial charge in [0.05, 0.1) is 6.54 Å². The summed E-state index contributed by atoms with van der Waals surface area (Å²) in [6.07, 6.45) is 3.78. The number of anilines is 1. The highest BCUT2D eigenvalue weighted by atomic mass is 127. The minimum Gasteiger partial charge on any atom is -0.370 e. The van der Waals surface area contributed by atoms with E-state index in [1.807, 2.05) is 55.8 Å². The Morgan fingerprint density at radius 3 is 2.52 bits per heavy atom. The lowest BCUT2D eigenvalue weighted by atomic mass is 10.3. The number of hydrogen-bond acceptors (Lipinski definition) is 4. The predicted molar refractivity (Wildman–Crippen MR) is 124 cm³/mol. The smallest absolute Gasteiger partial charge is 0.242 e. The molecule has 1 aromatic rings. The number of pyridine rings is 1. The lowest BCUT2D eigenvalue weighted by molar-refractivity contribution is -0.131. The monoisotopic (exact) mass is 490 g/mol. The minimum absolute atomic E-state index is 0. The zero-order valence-electron chi connectivity index (χ0n) is 17.1. The molecule has 2 N–H and O–H groups in total. The maximum Gasteiger partial charge on any atom is 0.242 e. The van der Waals surface area contributed by atoms with Gasteiger partial charge < -0.3 is 20.4 Å². The number of unbranched alkanes of at least 4 members (excludes halogenated alkanes) is 1. The molecular formula is C19H35IN6O. The number of nitrogens with zero attached hydrogens (tertiary/aromatic N) is 4. The Bertz CT molecular complexity index is 536. The normalized spacial score (nSPS) is 10.7. The van der Waals surface area contributed by atoms with E-state index in [2.05, 4.69) is 20.6 Å². The minimum atomic E-state index is 0. The highest BCUT2D eigenvalue weighted by molar-refractivity contribution is 14.0. The summed E-state index contributed by atoms with van der Waals surface area (Å²) in [4.78, 5) is 24.9. The third kappa shape index (κ3) is 10.4. The van der Waals surface area contributed by atoms with Crippen LogP contribution in [0.2, 0.25) is 0 Å². The first-order valence-corrected chi connectivity index (χ1v) is 9.54. The van der Waals surface area contributed by atoms with E-state index in [1.165, 1.54) is 0 Å². The Morgan fingerprint density at radius 1 is 1.19 bits per heavy atom. The van der Waals surface area contributed by atoms with Crippen LogP contribution in [0.15, 0.2) is 29.4 Å². The van der Waals surface area contributed by atoms with Gasteiger partial charge in [0, 0.05) is 46.0 Å². The number of halogens is 1. The van der Waals surface area contributed by atoms with Gasteiger partial charge in [-0.05, 0) is 45.7 Å². The van der Waals surface area contributed by atoms with Gasteiger partial charge in [-0.1, -0.05) is 6.07 Å². The van der Waals surface area contributed by atoms with Crippen LogP contribution in [0.4, 0.5) is 5.82 Å². The van der Waals surface area contributed by atoms with E-state index in [-0.39, 0.29) is 29.9 Å². The average Bonchev–Trinajstić information content (AvgIpc) is 2.65. The molecule has 1 amide bonds. The van der Waals surface area contributed by atoms with Crippen molar-refractivity contribution in [2.45, 2.75) is 33.6 Å². The molecular weight excluding hydrogens is 455 g/mol. The Hall–Kier alpha value is -1.58. The van der Waals surface area contributed by atoms with Gasteiger partial charge in [0.1, 0.15) is 5.82 Å². The van der Waals surface area contributed by atoms with Crippen molar-refractivity contribution in [3.63, 3.8) is 0 Å². The van der Waals surface area contributed by atoms with Crippen LogP contribution in [0.5, 0.6) is 0 Å². The van der Waals surface area contributed by atoms with Crippen molar-refractivity contribution in [2.75, 3.05) is 51.6 Å². The molecule has 1 aromatic heterocycles. The van der Waals surface area contributed by atoms with Gasteiger partial charge in [-0.2, -0.15) is 0 Å². The molecule has 154 valence electrons. The van der Waals surface area contributed by atoms with Crippen molar-refractivity contribution >= 4 is 41.7 Å². The van der Waals surface area contributed by atoms with Crippen molar-refractivity contribution in [2.24, 2.45) is 4.99 Å². The fourth-order valence-corrected chi connectivity index (χ4v) is 2.53. The second-order valence-corrected chi connectivity index (χ2v) is 6.01. The molecule has 0 unspecified atom stereocenters. The highest BCUT2D eigenvalue weighted by Gasteiger charge is 2.14. The first kappa shape index (κ1) is 25.4. The number of carbonyl (C=O) groups is 1. The van der Waals surface area contributed by atoms with Gasteiger partial charge in [-0.25, -0.2) is 4.98 Å². The number of amides is 1. The van der Waals surface area contributed by atoms with Crippen molar-refractivity contribution in [3.05, 3.63) is 24.4 Å². The van der Waals surface area contributed by atoms with Gasteiger partial charge in [-0.15, -0.1) is 24.0 Å². The van der Waals surface area contributed by atoms with Crippen LogP contribution in [0.1, 0.15) is 33.6 Å². The number of likely N-dealkylation sites (N-methyl/N-ethyl adjacent to an activating group) is 2. The molecule has 0 saturated heterocycles. The van der Waals surface area contributed by atoms with Crippen LogP contribution >= 0.6 is 24.0 Å². The maximum atomic E-state index is 12.3. The van der Waals surface area contributed by atoms with Crippen LogP contribution in [0.3, 0.4) is 0 Å². The predicted octanol–water partition coefficient (Wildman–Crippen LogP) is 2.66. The molecule has 0 saturated carbocycles. The highest BCUT2D eigenvalue weighted by Crippen LogP contribution is 2.01. The maximum absolute atomic E-state index is 12.3. The summed E-state index contributed by atoms with van der Waals surface area (Å²) in [6.45, 7) is 10.2. The summed E-state index contributed by atoms with van der Waals surface area (Å²) < 4.78 is 0. The van der Waals surface area contributed by atoms with E-state index < -0.39 is 0 Å². The summed E-state index contributed by atoms with van der Waals surface area (Å²) in [6, 6.07) is 5.84. The third-order valence-corrected chi connectivity index (χ3v) is 4.00. The molecule has 0 aliphatic rings. The lowest BCUT2D eigenvalue weighted by Crippen LogP contribution is -2.45. The SMILES string of the molecule is CCNC(=NCCCCNc1ccccn1)N(C)CC(=O)N(CC)CC.I. The lowest BCUT2D eigenvalue weighted by Gasteiger charge is -2.25. The van der Waals surface area contributed by atoms with Crippen LogP contribution < -0.4 is 10.6 Å². The van der Waals surface area contributed by atoms with Crippen LogP contribution in [0.25, 0.3) is 0 Å². The molecule has 7 nitrogen and oxygen atoms in total. The number of guanidine groups is 1. The van der Waals surface area contributed by atoms with Gasteiger partial charge in [0.25, 0.3) is 0 Å². The van der Waals surface area contributed by atoms with E-state index in [0.29, 0.717) is 6.54 Å². The molecule has 0 spiro atoms. The second-order valence-electron chi connectivity index (χ2n) is 6.01.